The number of methoxy groups -OCH3 is 2. The number of halogens is 2. The number of carboxylic acids is 1. The number of benzene rings is 3. The van der Waals surface area contributed by atoms with E-state index in [1.165, 1.54) is 12.1 Å². The number of hydrogen-bond donors (Lipinski definition) is 3. The lowest BCUT2D eigenvalue weighted by molar-refractivity contribution is -0.139. The number of rotatable bonds is 11. The van der Waals surface area contributed by atoms with E-state index >= 15 is 0 Å². The molecule has 0 bridgehead atoms. The van der Waals surface area contributed by atoms with E-state index in [1.54, 1.807) is 38.5 Å². The van der Waals surface area contributed by atoms with Crippen LogP contribution in [0.3, 0.4) is 0 Å². The van der Waals surface area contributed by atoms with Crippen LogP contribution in [-0.2, 0) is 11.2 Å². The van der Waals surface area contributed by atoms with Crippen LogP contribution in [0.5, 0.6) is 11.5 Å². The van der Waals surface area contributed by atoms with Crippen LogP contribution in [0.1, 0.15) is 15.9 Å². The van der Waals surface area contributed by atoms with Gasteiger partial charge in [-0.05, 0) is 23.3 Å². The molecular weight excluding hydrogens is 503 g/mol. The molecule has 0 saturated heterocycles. The van der Waals surface area contributed by atoms with Gasteiger partial charge >= 0.3 is 5.97 Å². The smallest absolute Gasteiger partial charge is 0.326 e. The highest BCUT2D eigenvalue weighted by atomic mass is 35.5. The Morgan fingerprint density at radius 2 is 1.61 bits per heavy atom. The van der Waals surface area contributed by atoms with Crippen molar-refractivity contribution in [2.75, 3.05) is 26.1 Å². The number of carboxylic acid groups (broad SMARTS) is 1. The molecule has 3 N–H and O–H groups in total. The molecule has 0 spiro atoms. The van der Waals surface area contributed by atoms with Gasteiger partial charge in [0.1, 0.15) is 17.5 Å². The van der Waals surface area contributed by atoms with Crippen molar-refractivity contribution in [1.29, 1.82) is 0 Å². The van der Waals surface area contributed by atoms with Crippen molar-refractivity contribution >= 4 is 40.8 Å². The minimum absolute atomic E-state index is 0.0349. The fourth-order valence-corrected chi connectivity index (χ4v) is 4.25. The summed E-state index contributed by atoms with van der Waals surface area (Å²) in [6, 6.07) is 14.5. The van der Waals surface area contributed by atoms with Crippen molar-refractivity contribution < 1.29 is 24.2 Å². The molecule has 0 radical (unpaired) electrons. The Morgan fingerprint density at radius 1 is 1.03 bits per heavy atom. The maximum Gasteiger partial charge on any atom is 0.326 e. The fraction of sp³-hybridized carbons (Fsp3) is 0.185. The van der Waals surface area contributed by atoms with E-state index in [1.807, 2.05) is 24.3 Å². The maximum atomic E-state index is 12.7. The summed E-state index contributed by atoms with van der Waals surface area (Å²) in [6.45, 7) is 4.30. The molecule has 0 heterocycles. The third-order valence-electron chi connectivity index (χ3n) is 5.43. The van der Waals surface area contributed by atoms with Crippen LogP contribution in [-0.4, -0.2) is 43.8 Å². The molecule has 0 aliphatic rings. The van der Waals surface area contributed by atoms with Gasteiger partial charge in [-0.3, -0.25) is 4.79 Å². The maximum absolute atomic E-state index is 12.7. The van der Waals surface area contributed by atoms with Crippen molar-refractivity contribution in [2.24, 2.45) is 0 Å². The Morgan fingerprint density at radius 3 is 2.11 bits per heavy atom. The molecule has 0 unspecified atom stereocenters. The lowest BCUT2D eigenvalue weighted by atomic mass is 9.98. The molecule has 7 nitrogen and oxygen atoms in total. The van der Waals surface area contributed by atoms with E-state index in [4.69, 9.17) is 32.7 Å². The van der Waals surface area contributed by atoms with E-state index in [9.17, 15) is 14.7 Å². The Hall–Kier alpha value is -3.68. The third kappa shape index (κ3) is 6.30. The lowest BCUT2D eigenvalue weighted by Crippen LogP contribution is -2.42. The predicted molar refractivity (Wildman–Crippen MR) is 143 cm³/mol. The monoisotopic (exact) mass is 528 g/mol. The van der Waals surface area contributed by atoms with Crippen molar-refractivity contribution in [1.82, 2.24) is 5.32 Å². The van der Waals surface area contributed by atoms with E-state index in [0.717, 1.165) is 16.8 Å². The lowest BCUT2D eigenvalue weighted by Gasteiger charge is -2.18. The van der Waals surface area contributed by atoms with E-state index in [-0.39, 0.29) is 22.0 Å². The quantitative estimate of drug-likeness (QED) is 0.276. The number of carbonyl (C=O) groups is 2. The van der Waals surface area contributed by atoms with Crippen LogP contribution in [0.15, 0.2) is 67.3 Å². The largest absolute Gasteiger partial charge is 0.496 e. The highest BCUT2D eigenvalue weighted by Crippen LogP contribution is 2.41. The first kappa shape index (κ1) is 26.9. The minimum atomic E-state index is -1.19. The van der Waals surface area contributed by atoms with Crippen LogP contribution in [0, 0.1) is 0 Å². The number of nitrogens with one attached hydrogen (secondary N) is 2. The van der Waals surface area contributed by atoms with Gasteiger partial charge in [0.2, 0.25) is 0 Å². The van der Waals surface area contributed by atoms with Crippen molar-refractivity contribution in [3.8, 4) is 22.6 Å². The minimum Gasteiger partial charge on any atom is -0.496 e. The van der Waals surface area contributed by atoms with Gasteiger partial charge in [-0.15, -0.1) is 6.58 Å². The summed E-state index contributed by atoms with van der Waals surface area (Å²) in [5.74, 6) is -0.613. The number of carbonyl (C=O) groups excluding carboxylic acids is 1. The van der Waals surface area contributed by atoms with E-state index in [0.29, 0.717) is 23.6 Å². The molecule has 0 fully saturated rings. The summed E-state index contributed by atoms with van der Waals surface area (Å²) in [4.78, 5) is 24.6. The Labute approximate surface area is 219 Å². The number of hydrogen-bond acceptors (Lipinski definition) is 5. The Balaban J connectivity index is 1.84. The zero-order valence-corrected chi connectivity index (χ0v) is 21.3. The first-order chi connectivity index (χ1) is 17.3. The highest BCUT2D eigenvalue weighted by Gasteiger charge is 2.24. The highest BCUT2D eigenvalue weighted by molar-refractivity contribution is 6.39. The van der Waals surface area contributed by atoms with E-state index < -0.39 is 17.9 Å². The molecular formula is C27H26Cl2N2O5. The molecule has 0 saturated carbocycles. The summed E-state index contributed by atoms with van der Waals surface area (Å²) in [5, 5.41) is 15.7. The van der Waals surface area contributed by atoms with Crippen LogP contribution < -0.4 is 20.1 Å². The molecule has 9 heteroatoms. The molecule has 3 aromatic rings. The zero-order valence-electron chi connectivity index (χ0n) is 19.8. The van der Waals surface area contributed by atoms with Crippen LogP contribution in [0.2, 0.25) is 10.0 Å². The van der Waals surface area contributed by atoms with Gasteiger partial charge in [-0.1, -0.05) is 59.6 Å². The zero-order chi connectivity index (χ0) is 26.2. The molecule has 188 valence electrons. The average Bonchev–Trinajstić information content (AvgIpc) is 2.86. The topological polar surface area (TPSA) is 96.9 Å². The molecule has 0 aromatic heterocycles. The molecule has 0 aliphatic carbocycles. The molecule has 1 amide bonds. The first-order valence-electron chi connectivity index (χ1n) is 11.0. The summed E-state index contributed by atoms with van der Waals surface area (Å²) in [6.07, 6.45) is 1.81. The molecule has 36 heavy (non-hydrogen) atoms. The fourth-order valence-electron chi connectivity index (χ4n) is 3.68. The van der Waals surface area contributed by atoms with Crippen LogP contribution in [0.4, 0.5) is 5.69 Å². The number of amides is 1. The average molecular weight is 529 g/mol. The normalized spacial score (nSPS) is 11.3. The van der Waals surface area contributed by atoms with Gasteiger partial charge < -0.3 is 25.2 Å². The molecule has 0 aliphatic heterocycles. The number of aliphatic carboxylic acids is 1. The summed E-state index contributed by atoms with van der Waals surface area (Å²) in [7, 11) is 3.16. The summed E-state index contributed by atoms with van der Waals surface area (Å²) >= 11 is 12.2. The van der Waals surface area contributed by atoms with Gasteiger partial charge in [0.15, 0.2) is 0 Å². The number of ether oxygens (including phenoxy) is 2. The standard InChI is InChI=1S/C27H26Cl2N2O5/c1-4-12-30-18-14-22(35-2)24(23(15-18)36-3)17-10-8-16(9-11-17)13-21(27(33)34)31-26(32)25-19(28)6-5-7-20(25)29/h4-11,14-15,21,30H,1,12-13H2,2-3H3,(H,31,32)(H,33,34)/t21-/m0/s1. The SMILES string of the molecule is C=CCNc1cc(OC)c(-c2ccc(C[C@H](NC(=O)c3c(Cl)cccc3Cl)C(=O)O)cc2)c(OC)c1. The second-order valence-corrected chi connectivity index (χ2v) is 8.60. The Kier molecular flexibility index (Phi) is 9.22. The Bertz CT molecular complexity index is 1220. The van der Waals surface area contributed by atoms with Gasteiger partial charge in [0.25, 0.3) is 5.91 Å². The molecule has 3 aromatic carbocycles. The van der Waals surface area contributed by atoms with Crippen molar-refractivity contribution in [3.05, 3.63) is 88.4 Å². The van der Waals surface area contributed by atoms with Gasteiger partial charge in [-0.2, -0.15) is 0 Å². The second kappa shape index (κ2) is 12.3. The van der Waals surface area contributed by atoms with Gasteiger partial charge in [0.05, 0.1) is 35.4 Å². The van der Waals surface area contributed by atoms with E-state index in [2.05, 4.69) is 17.2 Å². The first-order valence-corrected chi connectivity index (χ1v) is 11.7. The van der Waals surface area contributed by atoms with Crippen molar-refractivity contribution in [3.63, 3.8) is 0 Å². The van der Waals surface area contributed by atoms with Gasteiger partial charge in [-0.25, -0.2) is 4.79 Å². The van der Waals surface area contributed by atoms with Crippen molar-refractivity contribution in [2.45, 2.75) is 12.5 Å². The number of anilines is 1. The van der Waals surface area contributed by atoms with Gasteiger partial charge in [0, 0.05) is 30.8 Å². The van der Waals surface area contributed by atoms with Crippen LogP contribution in [0.25, 0.3) is 11.1 Å². The third-order valence-corrected chi connectivity index (χ3v) is 6.06. The second-order valence-electron chi connectivity index (χ2n) is 7.79. The molecule has 3 rings (SSSR count). The summed E-state index contributed by atoms with van der Waals surface area (Å²) < 4.78 is 11.2. The van der Waals surface area contributed by atoms with Crippen LogP contribution >= 0.6 is 23.2 Å². The predicted octanol–water partition coefficient (Wildman–Crippen LogP) is 5.70. The summed E-state index contributed by atoms with van der Waals surface area (Å²) in [5.41, 5.74) is 3.14. The molecule has 1 atom stereocenters.